The Hall–Kier alpha value is -1.88. The lowest BCUT2D eigenvalue weighted by atomic mass is 9.85. The van der Waals surface area contributed by atoms with E-state index in [1.54, 1.807) is 4.90 Å². The minimum absolute atomic E-state index is 0.0393. The molecule has 0 radical (unpaired) electrons. The predicted molar refractivity (Wildman–Crippen MR) is 107 cm³/mol. The molecular weight excluding hydrogens is 338 g/mol. The second-order valence-corrected chi connectivity index (χ2v) is 9.01. The lowest BCUT2D eigenvalue weighted by molar-refractivity contribution is -0.138. The first-order chi connectivity index (χ1) is 12.8. The van der Waals surface area contributed by atoms with Gasteiger partial charge in [0.2, 0.25) is 11.8 Å². The molecule has 2 amide bonds. The molecule has 0 aliphatic carbocycles. The van der Waals surface area contributed by atoms with Crippen molar-refractivity contribution in [2.45, 2.75) is 59.0 Å². The molecule has 0 aromatic heterocycles. The van der Waals surface area contributed by atoms with Crippen molar-refractivity contribution < 1.29 is 9.59 Å². The van der Waals surface area contributed by atoms with Crippen LogP contribution in [0.1, 0.15) is 51.2 Å². The Morgan fingerprint density at radius 1 is 1.11 bits per heavy atom. The fraction of sp³-hybridized carbons (Fsp3) is 0.636. The zero-order valence-corrected chi connectivity index (χ0v) is 17.0. The number of hydrogen-bond donors (Lipinski definition) is 1. The zero-order valence-electron chi connectivity index (χ0n) is 17.0. The topological polar surface area (TPSA) is 52.7 Å². The number of hydrogen-bond acceptors (Lipinski definition) is 3. The molecule has 3 rings (SSSR count). The van der Waals surface area contributed by atoms with E-state index in [4.69, 9.17) is 0 Å². The summed E-state index contributed by atoms with van der Waals surface area (Å²) in [4.78, 5) is 28.8. The number of nitrogens with zero attached hydrogens (tertiary/aromatic N) is 2. The van der Waals surface area contributed by atoms with Gasteiger partial charge < -0.3 is 10.2 Å². The summed E-state index contributed by atoms with van der Waals surface area (Å²) in [5.41, 5.74) is 2.79. The molecule has 1 saturated heterocycles. The van der Waals surface area contributed by atoms with Crippen LogP contribution in [0.25, 0.3) is 0 Å². The Labute approximate surface area is 163 Å². The Kier molecular flexibility index (Phi) is 6.20. The van der Waals surface area contributed by atoms with Crippen LogP contribution in [-0.2, 0) is 22.6 Å². The summed E-state index contributed by atoms with van der Waals surface area (Å²) in [5.74, 6) is 0.0685. The van der Waals surface area contributed by atoms with Crippen LogP contribution in [0.2, 0.25) is 0 Å². The van der Waals surface area contributed by atoms with E-state index in [0.717, 1.165) is 38.9 Å². The van der Waals surface area contributed by atoms with E-state index in [9.17, 15) is 9.59 Å². The highest BCUT2D eigenvalue weighted by atomic mass is 16.2. The molecular formula is C22H33N3O2. The monoisotopic (exact) mass is 371 g/mol. The number of amides is 2. The number of rotatable bonds is 5. The molecule has 5 nitrogen and oxygen atoms in total. The first-order valence-electron chi connectivity index (χ1n) is 10.2. The Bertz CT molecular complexity index is 680. The Balaban J connectivity index is 1.59. The summed E-state index contributed by atoms with van der Waals surface area (Å²) in [7, 11) is 0. The highest BCUT2D eigenvalue weighted by molar-refractivity contribution is 5.85. The van der Waals surface area contributed by atoms with Gasteiger partial charge in [0.25, 0.3) is 0 Å². The van der Waals surface area contributed by atoms with Gasteiger partial charge in [0.15, 0.2) is 0 Å². The first-order valence-corrected chi connectivity index (χ1v) is 10.2. The molecule has 5 heteroatoms. The predicted octanol–water partition coefficient (Wildman–Crippen LogP) is 2.59. The van der Waals surface area contributed by atoms with E-state index in [-0.39, 0.29) is 29.8 Å². The quantitative estimate of drug-likeness (QED) is 0.866. The van der Waals surface area contributed by atoms with Crippen molar-refractivity contribution >= 4 is 11.8 Å². The van der Waals surface area contributed by atoms with Gasteiger partial charge in [-0.15, -0.1) is 0 Å². The van der Waals surface area contributed by atoms with Gasteiger partial charge in [-0.3, -0.25) is 14.5 Å². The van der Waals surface area contributed by atoms with Crippen LogP contribution in [0, 0.1) is 5.41 Å². The van der Waals surface area contributed by atoms with Crippen molar-refractivity contribution in [1.29, 1.82) is 0 Å². The normalized spacial score (nSPS) is 19.5. The Morgan fingerprint density at radius 2 is 1.85 bits per heavy atom. The third kappa shape index (κ3) is 5.32. The van der Waals surface area contributed by atoms with E-state index in [1.807, 2.05) is 0 Å². The van der Waals surface area contributed by atoms with E-state index in [0.29, 0.717) is 13.0 Å². The minimum atomic E-state index is -0.0431. The Morgan fingerprint density at radius 3 is 2.56 bits per heavy atom. The first kappa shape index (κ1) is 19.9. The molecule has 1 N–H and O–H groups in total. The fourth-order valence-electron chi connectivity index (χ4n) is 3.95. The number of piperidine rings is 1. The molecule has 1 aromatic rings. The van der Waals surface area contributed by atoms with Crippen molar-refractivity contribution in [2.24, 2.45) is 5.41 Å². The summed E-state index contributed by atoms with van der Waals surface area (Å²) in [5, 5.41) is 3.22. The van der Waals surface area contributed by atoms with Crippen LogP contribution in [0.15, 0.2) is 24.3 Å². The van der Waals surface area contributed by atoms with Crippen molar-refractivity contribution in [1.82, 2.24) is 15.1 Å². The lowest BCUT2D eigenvalue weighted by Gasteiger charge is -2.38. The van der Waals surface area contributed by atoms with Gasteiger partial charge in [0.1, 0.15) is 0 Å². The van der Waals surface area contributed by atoms with Crippen LogP contribution in [0.3, 0.4) is 0 Å². The van der Waals surface area contributed by atoms with Crippen LogP contribution < -0.4 is 5.32 Å². The van der Waals surface area contributed by atoms with Crippen LogP contribution in [0.4, 0.5) is 0 Å². The summed E-state index contributed by atoms with van der Waals surface area (Å²) < 4.78 is 0. The number of benzene rings is 1. The smallest absolute Gasteiger partial charge is 0.239 e. The number of nitrogens with one attached hydrogen (secondary N) is 1. The second-order valence-electron chi connectivity index (χ2n) is 9.01. The van der Waals surface area contributed by atoms with Gasteiger partial charge >= 0.3 is 0 Å². The van der Waals surface area contributed by atoms with Gasteiger partial charge in [-0.1, -0.05) is 45.0 Å². The average Bonchev–Trinajstić information content (AvgIpc) is 2.62. The van der Waals surface area contributed by atoms with Crippen molar-refractivity contribution in [2.75, 3.05) is 26.2 Å². The molecule has 2 aliphatic heterocycles. The van der Waals surface area contributed by atoms with E-state index >= 15 is 0 Å². The maximum atomic E-state index is 12.6. The van der Waals surface area contributed by atoms with Crippen LogP contribution in [0.5, 0.6) is 0 Å². The van der Waals surface area contributed by atoms with Gasteiger partial charge in [-0.05, 0) is 35.8 Å². The summed E-state index contributed by atoms with van der Waals surface area (Å²) in [6.45, 7) is 10.2. The minimum Gasteiger partial charge on any atom is -0.350 e. The molecule has 27 heavy (non-hydrogen) atoms. The third-order valence-electron chi connectivity index (χ3n) is 5.79. The number of carbonyl (C=O) groups excluding carboxylic acids is 2. The molecule has 1 atom stereocenters. The van der Waals surface area contributed by atoms with E-state index in [2.05, 4.69) is 55.3 Å². The molecule has 1 aromatic carbocycles. The van der Waals surface area contributed by atoms with Gasteiger partial charge in [0, 0.05) is 38.6 Å². The second kappa shape index (κ2) is 8.42. The van der Waals surface area contributed by atoms with Gasteiger partial charge in [0.05, 0.1) is 6.54 Å². The lowest BCUT2D eigenvalue weighted by Crippen LogP contribution is -2.54. The molecule has 148 valence electrons. The average molecular weight is 372 g/mol. The maximum absolute atomic E-state index is 12.6. The number of fused-ring (bicyclic) bond motifs is 1. The molecule has 0 saturated carbocycles. The van der Waals surface area contributed by atoms with Crippen molar-refractivity contribution in [3.63, 3.8) is 0 Å². The third-order valence-corrected chi connectivity index (χ3v) is 5.79. The highest BCUT2D eigenvalue weighted by Crippen LogP contribution is 2.24. The summed E-state index contributed by atoms with van der Waals surface area (Å²) in [6.07, 6.45) is 3.57. The van der Waals surface area contributed by atoms with Gasteiger partial charge in [-0.2, -0.15) is 0 Å². The molecule has 1 fully saturated rings. The summed E-state index contributed by atoms with van der Waals surface area (Å²) in [6, 6.07) is 8.67. The van der Waals surface area contributed by atoms with E-state index < -0.39 is 0 Å². The van der Waals surface area contributed by atoms with Gasteiger partial charge in [-0.25, -0.2) is 0 Å². The fourth-order valence-corrected chi connectivity index (χ4v) is 3.95. The molecule has 0 bridgehead atoms. The number of likely N-dealkylation sites (tertiary alicyclic amines) is 1. The zero-order chi connectivity index (χ0) is 19.4. The molecule has 2 heterocycles. The summed E-state index contributed by atoms with van der Waals surface area (Å²) >= 11 is 0. The molecule has 2 aliphatic rings. The standard InChI is InChI=1S/C22H33N3O2/c1-22(2,3)19(23-20(26)16-25-12-7-6-10-21(25)27)15-24-13-11-17-8-4-5-9-18(17)14-24/h4-5,8-9,19H,6-7,10-16H2,1-3H3,(H,23,26)/t19-/m1/s1. The van der Waals surface area contributed by atoms with Crippen molar-refractivity contribution in [3.05, 3.63) is 35.4 Å². The van der Waals surface area contributed by atoms with Crippen LogP contribution in [-0.4, -0.2) is 53.8 Å². The largest absolute Gasteiger partial charge is 0.350 e. The van der Waals surface area contributed by atoms with Crippen molar-refractivity contribution in [3.8, 4) is 0 Å². The highest BCUT2D eigenvalue weighted by Gasteiger charge is 2.30. The van der Waals surface area contributed by atoms with E-state index in [1.165, 1.54) is 11.1 Å². The molecule has 0 unspecified atom stereocenters. The maximum Gasteiger partial charge on any atom is 0.239 e. The SMILES string of the molecule is CC(C)(C)[C@@H](CN1CCc2ccccc2C1)NC(=O)CN1CCCCC1=O. The molecule has 0 spiro atoms. The van der Waals surface area contributed by atoms with Crippen LogP contribution >= 0.6 is 0 Å². The number of carbonyl (C=O) groups is 2.